The van der Waals surface area contributed by atoms with Gasteiger partial charge in [0.05, 0.1) is 37.5 Å². The molecule has 2 aromatic rings. The number of amides is 1. The number of aliphatic hydroxyl groups is 1. The largest absolute Gasteiger partial charge is 0.466 e. The number of carbonyl (C=O) groups excluding carboxylic acids is 3. The van der Waals surface area contributed by atoms with Crippen LogP contribution in [0.15, 0.2) is 83.3 Å². The molecule has 36 heavy (non-hydrogen) atoms. The number of esters is 2. The van der Waals surface area contributed by atoms with Crippen LogP contribution < -0.4 is 0 Å². The van der Waals surface area contributed by atoms with Gasteiger partial charge in [0.2, 0.25) is 5.60 Å². The van der Waals surface area contributed by atoms with E-state index in [-0.39, 0.29) is 23.5 Å². The number of rotatable bonds is 5. The van der Waals surface area contributed by atoms with Crippen LogP contribution in [0.4, 0.5) is 0 Å². The maximum atomic E-state index is 13.9. The molecule has 0 aromatic heterocycles. The molecular weight excluding hydrogens is 462 g/mol. The number of ether oxygens (including phenoxy) is 2. The van der Waals surface area contributed by atoms with Gasteiger partial charge < -0.3 is 19.5 Å². The van der Waals surface area contributed by atoms with Crippen molar-refractivity contribution in [2.24, 2.45) is 0 Å². The molecule has 2 atom stereocenters. The summed E-state index contributed by atoms with van der Waals surface area (Å²) in [5.41, 5.74) is -0.624. The first-order chi connectivity index (χ1) is 17.3. The molecule has 0 aliphatic carbocycles. The molecule has 0 saturated heterocycles. The third-order valence-electron chi connectivity index (χ3n) is 6.45. The van der Waals surface area contributed by atoms with Crippen LogP contribution in [0.1, 0.15) is 30.5 Å². The molecule has 0 radical (unpaired) electrons. The van der Waals surface area contributed by atoms with E-state index in [0.29, 0.717) is 11.3 Å². The average Bonchev–Trinajstić information content (AvgIpc) is 2.91. The first kappa shape index (κ1) is 24.7. The van der Waals surface area contributed by atoms with E-state index in [1.807, 2.05) is 30.3 Å². The van der Waals surface area contributed by atoms with E-state index in [4.69, 9.17) is 9.47 Å². The van der Waals surface area contributed by atoms with Crippen LogP contribution >= 0.6 is 0 Å². The molecule has 2 aliphatic heterocycles. The predicted octanol–water partition coefficient (Wildman–Crippen LogP) is 2.56. The minimum Gasteiger partial charge on any atom is -0.466 e. The van der Waals surface area contributed by atoms with Gasteiger partial charge in [0.1, 0.15) is 5.82 Å². The Hall–Kier alpha value is -4.42. The van der Waals surface area contributed by atoms with E-state index in [0.717, 1.165) is 17.6 Å². The fourth-order valence-corrected chi connectivity index (χ4v) is 4.71. The molecule has 0 saturated carbocycles. The molecule has 9 nitrogen and oxygen atoms in total. The monoisotopic (exact) mass is 487 g/mol. The van der Waals surface area contributed by atoms with Crippen molar-refractivity contribution in [3.63, 3.8) is 0 Å². The summed E-state index contributed by atoms with van der Waals surface area (Å²) in [6.45, 7) is 1.94. The van der Waals surface area contributed by atoms with E-state index in [9.17, 15) is 24.8 Å². The van der Waals surface area contributed by atoms with Gasteiger partial charge in [-0.05, 0) is 18.1 Å². The Balaban J connectivity index is 2.05. The van der Waals surface area contributed by atoms with E-state index in [1.54, 1.807) is 42.2 Å². The van der Waals surface area contributed by atoms with Crippen molar-refractivity contribution in [2.75, 3.05) is 14.2 Å². The average molecular weight is 488 g/mol. The lowest BCUT2D eigenvalue weighted by atomic mass is 9.83. The molecule has 0 unspecified atom stereocenters. The lowest BCUT2D eigenvalue weighted by molar-refractivity contribution is -0.176. The third kappa shape index (κ3) is 3.91. The number of fused-ring (bicyclic) bond motifs is 1. The topological polar surface area (TPSA) is 120 Å². The van der Waals surface area contributed by atoms with Gasteiger partial charge in [0, 0.05) is 18.7 Å². The maximum absolute atomic E-state index is 13.9. The summed E-state index contributed by atoms with van der Waals surface area (Å²) in [6.07, 6.45) is -0.561. The second kappa shape index (κ2) is 9.68. The van der Waals surface area contributed by atoms with Gasteiger partial charge in [0.25, 0.3) is 5.91 Å². The summed E-state index contributed by atoms with van der Waals surface area (Å²) in [6, 6.07) is 19.0. The van der Waals surface area contributed by atoms with Crippen LogP contribution in [-0.4, -0.2) is 52.6 Å². The number of benzene rings is 2. The summed E-state index contributed by atoms with van der Waals surface area (Å²) >= 11 is 0. The minimum atomic E-state index is -2.64. The highest BCUT2D eigenvalue weighted by Gasteiger charge is 2.58. The summed E-state index contributed by atoms with van der Waals surface area (Å²) in [5, 5.41) is 21.3. The van der Waals surface area contributed by atoms with Gasteiger partial charge in [-0.25, -0.2) is 9.59 Å². The zero-order chi connectivity index (χ0) is 26.0. The molecule has 1 amide bonds. The van der Waals surface area contributed by atoms with Crippen LogP contribution in [0.2, 0.25) is 0 Å². The van der Waals surface area contributed by atoms with Crippen molar-refractivity contribution in [1.29, 1.82) is 5.26 Å². The first-order valence-corrected chi connectivity index (χ1v) is 11.2. The lowest BCUT2D eigenvalue weighted by Gasteiger charge is -2.49. The quantitative estimate of drug-likeness (QED) is 0.505. The van der Waals surface area contributed by atoms with Gasteiger partial charge in [-0.15, -0.1) is 0 Å². The zero-order valence-corrected chi connectivity index (χ0v) is 20.1. The number of nitriles is 1. The minimum absolute atomic E-state index is 0.00243. The second-order valence-corrected chi connectivity index (χ2v) is 8.49. The van der Waals surface area contributed by atoms with Crippen molar-refractivity contribution in [3.8, 4) is 6.07 Å². The Morgan fingerprint density at radius 3 is 2.25 bits per heavy atom. The third-order valence-corrected chi connectivity index (χ3v) is 6.45. The summed E-state index contributed by atoms with van der Waals surface area (Å²) < 4.78 is 9.83. The van der Waals surface area contributed by atoms with Crippen LogP contribution in [0.3, 0.4) is 0 Å². The summed E-state index contributed by atoms with van der Waals surface area (Å²) in [4.78, 5) is 42.5. The number of hydrogen-bond acceptors (Lipinski definition) is 8. The lowest BCUT2D eigenvalue weighted by Crippen LogP contribution is -2.61. The van der Waals surface area contributed by atoms with E-state index in [2.05, 4.69) is 6.07 Å². The van der Waals surface area contributed by atoms with E-state index < -0.39 is 35.9 Å². The number of hydrogen-bond donors (Lipinski definition) is 1. The Labute approximate surface area is 208 Å². The Morgan fingerprint density at radius 1 is 1.08 bits per heavy atom. The van der Waals surface area contributed by atoms with Gasteiger partial charge in [0.15, 0.2) is 0 Å². The molecule has 0 spiro atoms. The zero-order valence-electron chi connectivity index (χ0n) is 20.1. The van der Waals surface area contributed by atoms with Crippen LogP contribution in [0.5, 0.6) is 0 Å². The van der Waals surface area contributed by atoms with Crippen LogP contribution in [0, 0.1) is 11.3 Å². The smallest absolute Gasteiger partial charge is 0.348 e. The molecular formula is C27H25N3O6. The van der Waals surface area contributed by atoms with E-state index in [1.165, 1.54) is 7.11 Å². The Bertz CT molecular complexity index is 1310. The predicted molar refractivity (Wildman–Crippen MR) is 127 cm³/mol. The van der Waals surface area contributed by atoms with Crippen molar-refractivity contribution < 1.29 is 29.0 Å². The molecule has 0 fully saturated rings. The highest BCUT2D eigenvalue weighted by molar-refractivity contribution is 6.08. The SMILES string of the molecule is COC(=O)C1=C(C)N(Cc2ccccc2)C2=C(C#N)C[C@](O)(C(=O)OC)C(=O)N2[C@H]1c1ccccc1. The molecule has 2 heterocycles. The van der Waals surface area contributed by atoms with Crippen molar-refractivity contribution in [3.05, 3.63) is 94.5 Å². The molecule has 1 N–H and O–H groups in total. The maximum Gasteiger partial charge on any atom is 0.348 e. The fraction of sp³-hybridized carbons (Fsp3) is 0.259. The fourth-order valence-electron chi connectivity index (χ4n) is 4.71. The highest BCUT2D eigenvalue weighted by atomic mass is 16.5. The van der Waals surface area contributed by atoms with Crippen LogP contribution in [-0.2, 0) is 30.4 Å². The Morgan fingerprint density at radius 2 is 1.69 bits per heavy atom. The van der Waals surface area contributed by atoms with Gasteiger partial charge in [-0.1, -0.05) is 60.7 Å². The Kier molecular flexibility index (Phi) is 6.64. The van der Waals surface area contributed by atoms with Crippen molar-refractivity contribution >= 4 is 17.8 Å². The molecule has 184 valence electrons. The van der Waals surface area contributed by atoms with Crippen molar-refractivity contribution in [2.45, 2.75) is 31.5 Å². The molecule has 2 aromatic carbocycles. The van der Waals surface area contributed by atoms with Gasteiger partial charge in [-0.2, -0.15) is 5.26 Å². The molecule has 4 rings (SSSR count). The second-order valence-electron chi connectivity index (χ2n) is 8.49. The molecule has 2 aliphatic rings. The highest BCUT2D eigenvalue weighted by Crippen LogP contribution is 2.47. The number of nitrogens with zero attached hydrogens (tertiary/aromatic N) is 3. The van der Waals surface area contributed by atoms with E-state index >= 15 is 0 Å². The van der Waals surface area contributed by atoms with Crippen LogP contribution in [0.25, 0.3) is 0 Å². The molecule has 0 bridgehead atoms. The van der Waals surface area contributed by atoms with Gasteiger partial charge in [-0.3, -0.25) is 9.69 Å². The number of carbonyl (C=O) groups is 3. The normalized spacial score (nSPS) is 21.6. The summed E-state index contributed by atoms with van der Waals surface area (Å²) in [7, 11) is 2.29. The first-order valence-electron chi connectivity index (χ1n) is 11.2. The van der Waals surface area contributed by atoms with Gasteiger partial charge >= 0.3 is 11.9 Å². The number of methoxy groups -OCH3 is 2. The summed E-state index contributed by atoms with van der Waals surface area (Å²) in [5.74, 6) is -2.67. The number of allylic oxidation sites excluding steroid dienone is 1. The standard InChI is InChI=1S/C27H25N3O6/c1-17-21(24(31)35-2)22(19-12-8-5-9-13-19)30-23(29(17)16-18-10-6-4-7-11-18)20(15-28)14-27(34,25(30)32)26(33)36-3/h4-13,22,34H,14,16H2,1-3H3/t22-,27+/m0/s1. The van der Waals surface area contributed by atoms with Crippen molar-refractivity contribution in [1.82, 2.24) is 9.80 Å². The molecule has 9 heteroatoms.